The Balaban J connectivity index is 1.62. The molecule has 25 heavy (non-hydrogen) atoms. The maximum absolute atomic E-state index is 10.3. The number of aromatic hydroxyl groups is 1. The minimum Gasteiger partial charge on any atom is -0.507 e. The summed E-state index contributed by atoms with van der Waals surface area (Å²) in [5.74, 6) is 1.07. The van der Waals surface area contributed by atoms with E-state index in [4.69, 9.17) is 9.47 Å². The molecule has 2 unspecified atom stereocenters. The lowest BCUT2D eigenvalue weighted by atomic mass is 10.0. The van der Waals surface area contributed by atoms with Gasteiger partial charge in [-0.2, -0.15) is 0 Å². The van der Waals surface area contributed by atoms with Gasteiger partial charge in [0.1, 0.15) is 5.75 Å². The highest BCUT2D eigenvalue weighted by Crippen LogP contribution is 2.33. The number of anilines is 1. The molecule has 0 saturated carbocycles. The summed E-state index contributed by atoms with van der Waals surface area (Å²) in [6.07, 6.45) is 1.12. The second kappa shape index (κ2) is 6.61. The van der Waals surface area contributed by atoms with E-state index in [1.807, 2.05) is 32.0 Å². The highest BCUT2D eigenvalue weighted by Gasteiger charge is 2.35. The minimum absolute atomic E-state index is 0.192. The van der Waals surface area contributed by atoms with Gasteiger partial charge < -0.3 is 19.5 Å². The van der Waals surface area contributed by atoms with Crippen LogP contribution in [-0.4, -0.2) is 53.8 Å². The molecule has 3 heterocycles. The van der Waals surface area contributed by atoms with Gasteiger partial charge in [0.2, 0.25) is 0 Å². The second-order valence-corrected chi connectivity index (χ2v) is 6.79. The minimum atomic E-state index is 0.192. The zero-order chi connectivity index (χ0) is 17.4. The molecule has 2 aliphatic rings. The third kappa shape index (κ3) is 3.07. The summed E-state index contributed by atoms with van der Waals surface area (Å²) in [5, 5.41) is 19.1. The number of nitrogens with zero attached hydrogens (tertiary/aromatic N) is 3. The van der Waals surface area contributed by atoms with E-state index in [0.29, 0.717) is 18.9 Å². The molecular weight excluding hydrogens is 318 g/mol. The van der Waals surface area contributed by atoms with E-state index in [-0.39, 0.29) is 17.9 Å². The molecule has 0 amide bonds. The molecule has 132 valence electrons. The maximum atomic E-state index is 10.3. The molecule has 2 aliphatic heterocycles. The normalized spacial score (nSPS) is 23.4. The van der Waals surface area contributed by atoms with Crippen molar-refractivity contribution in [2.75, 3.05) is 31.3 Å². The summed E-state index contributed by atoms with van der Waals surface area (Å²) in [4.78, 5) is 2.23. The fraction of sp³-hybridized carbons (Fsp3) is 0.474. The van der Waals surface area contributed by atoms with Crippen molar-refractivity contribution in [3.05, 3.63) is 35.4 Å². The molecule has 2 aromatic rings. The average molecular weight is 341 g/mol. The molecule has 2 fully saturated rings. The fourth-order valence-electron chi connectivity index (χ4n) is 3.83. The number of phenols is 1. The summed E-state index contributed by atoms with van der Waals surface area (Å²) in [7, 11) is 0. The van der Waals surface area contributed by atoms with Crippen molar-refractivity contribution in [3.63, 3.8) is 0 Å². The fourth-order valence-corrected chi connectivity index (χ4v) is 3.83. The molecule has 0 bridgehead atoms. The lowest BCUT2D eigenvalue weighted by molar-refractivity contribution is -0.0655. The number of phenolic OH excluding ortho intramolecular Hbond substituents is 1. The van der Waals surface area contributed by atoms with Gasteiger partial charge in [0.15, 0.2) is 5.82 Å². The molecule has 0 radical (unpaired) electrons. The third-order valence-corrected chi connectivity index (χ3v) is 4.99. The van der Waals surface area contributed by atoms with Gasteiger partial charge in [0.05, 0.1) is 31.1 Å². The smallest absolute Gasteiger partial charge is 0.151 e. The largest absolute Gasteiger partial charge is 0.507 e. The lowest BCUT2D eigenvalue weighted by Gasteiger charge is -2.43. The van der Waals surface area contributed by atoms with Crippen LogP contribution in [0, 0.1) is 13.8 Å². The molecule has 6 heteroatoms. The monoisotopic (exact) mass is 341 g/mol. The van der Waals surface area contributed by atoms with Crippen molar-refractivity contribution in [3.8, 4) is 17.0 Å². The first-order chi connectivity index (χ1) is 12.1. The Kier molecular flexibility index (Phi) is 4.31. The Morgan fingerprint density at radius 2 is 2.04 bits per heavy atom. The van der Waals surface area contributed by atoms with Crippen LogP contribution in [0.25, 0.3) is 11.3 Å². The van der Waals surface area contributed by atoms with Crippen LogP contribution in [0.4, 0.5) is 5.82 Å². The topological polar surface area (TPSA) is 67.7 Å². The Labute approximate surface area is 147 Å². The number of hydrogen-bond donors (Lipinski definition) is 1. The number of benzene rings is 1. The second-order valence-electron chi connectivity index (χ2n) is 6.79. The van der Waals surface area contributed by atoms with Gasteiger partial charge >= 0.3 is 0 Å². The quantitative estimate of drug-likeness (QED) is 0.905. The molecule has 0 spiro atoms. The predicted molar refractivity (Wildman–Crippen MR) is 94.9 cm³/mol. The predicted octanol–water partition coefficient (Wildman–Crippen LogP) is 2.46. The first-order valence-electron chi connectivity index (χ1n) is 8.74. The van der Waals surface area contributed by atoms with Gasteiger partial charge in [0.25, 0.3) is 0 Å². The zero-order valence-electron chi connectivity index (χ0n) is 14.6. The number of fused-ring (bicyclic) bond motifs is 1. The maximum Gasteiger partial charge on any atom is 0.151 e. The van der Waals surface area contributed by atoms with E-state index < -0.39 is 0 Å². The number of hydrogen-bond acceptors (Lipinski definition) is 6. The SMILES string of the molecule is Cc1cc(C)c(-c2ccc(N3CCOC4CCOCC43)nn2)c(O)c1. The molecule has 4 rings (SSSR count). The third-order valence-electron chi connectivity index (χ3n) is 4.99. The summed E-state index contributed by atoms with van der Waals surface area (Å²) < 4.78 is 11.5. The molecule has 6 nitrogen and oxygen atoms in total. The van der Waals surface area contributed by atoms with Gasteiger partial charge in [-0.3, -0.25) is 0 Å². The van der Waals surface area contributed by atoms with Crippen LogP contribution in [-0.2, 0) is 9.47 Å². The van der Waals surface area contributed by atoms with Crippen LogP contribution in [0.2, 0.25) is 0 Å². The van der Waals surface area contributed by atoms with E-state index in [0.717, 1.165) is 42.1 Å². The zero-order valence-corrected chi connectivity index (χ0v) is 14.6. The Morgan fingerprint density at radius 3 is 2.80 bits per heavy atom. The van der Waals surface area contributed by atoms with Crippen LogP contribution in [0.15, 0.2) is 24.3 Å². The van der Waals surface area contributed by atoms with E-state index in [2.05, 4.69) is 15.1 Å². The molecule has 1 aromatic heterocycles. The number of ether oxygens (including phenoxy) is 2. The van der Waals surface area contributed by atoms with Gasteiger partial charge in [-0.05, 0) is 49.6 Å². The van der Waals surface area contributed by atoms with Crippen molar-refractivity contribution in [2.24, 2.45) is 0 Å². The van der Waals surface area contributed by atoms with Crippen LogP contribution in [0.3, 0.4) is 0 Å². The average Bonchev–Trinajstić information content (AvgIpc) is 2.61. The van der Waals surface area contributed by atoms with Crippen molar-refractivity contribution in [1.29, 1.82) is 0 Å². The Hall–Kier alpha value is -2.18. The van der Waals surface area contributed by atoms with E-state index in [9.17, 15) is 5.11 Å². The molecular formula is C19H23N3O3. The van der Waals surface area contributed by atoms with Crippen LogP contribution in [0.1, 0.15) is 17.5 Å². The Morgan fingerprint density at radius 1 is 1.16 bits per heavy atom. The van der Waals surface area contributed by atoms with Crippen molar-refractivity contribution in [2.45, 2.75) is 32.4 Å². The molecule has 0 aliphatic carbocycles. The van der Waals surface area contributed by atoms with Crippen molar-refractivity contribution >= 4 is 5.82 Å². The van der Waals surface area contributed by atoms with Gasteiger partial charge in [-0.15, -0.1) is 10.2 Å². The molecule has 2 atom stereocenters. The summed E-state index contributed by atoms with van der Waals surface area (Å²) in [5.41, 5.74) is 3.45. The first-order valence-corrected chi connectivity index (χ1v) is 8.74. The summed E-state index contributed by atoms with van der Waals surface area (Å²) >= 11 is 0. The first kappa shape index (κ1) is 16.3. The van der Waals surface area contributed by atoms with Crippen LogP contribution < -0.4 is 4.90 Å². The van der Waals surface area contributed by atoms with E-state index in [1.165, 1.54) is 0 Å². The highest BCUT2D eigenvalue weighted by atomic mass is 16.5. The standard InChI is InChI=1S/C19H23N3O3/c1-12-9-13(2)19(16(23)10-12)14-3-4-18(21-20-14)22-6-8-25-17-5-7-24-11-15(17)22/h3-4,9-10,15,17,23H,5-8,11H2,1-2H3. The number of rotatable bonds is 2. The van der Waals surface area contributed by atoms with Gasteiger partial charge in [-0.25, -0.2) is 0 Å². The van der Waals surface area contributed by atoms with Gasteiger partial charge in [0, 0.05) is 18.7 Å². The highest BCUT2D eigenvalue weighted by molar-refractivity contribution is 5.71. The molecule has 2 saturated heterocycles. The number of morpholine rings is 1. The Bertz CT molecular complexity index is 738. The van der Waals surface area contributed by atoms with Gasteiger partial charge in [-0.1, -0.05) is 6.07 Å². The molecule has 1 N–H and O–H groups in total. The van der Waals surface area contributed by atoms with E-state index in [1.54, 1.807) is 6.07 Å². The van der Waals surface area contributed by atoms with E-state index >= 15 is 0 Å². The summed E-state index contributed by atoms with van der Waals surface area (Å²) in [6.45, 7) is 6.84. The van der Waals surface area contributed by atoms with Crippen LogP contribution in [0.5, 0.6) is 5.75 Å². The lowest BCUT2D eigenvalue weighted by Crippen LogP contribution is -2.56. The molecule has 1 aromatic carbocycles. The van der Waals surface area contributed by atoms with Crippen molar-refractivity contribution in [1.82, 2.24) is 10.2 Å². The summed E-state index contributed by atoms with van der Waals surface area (Å²) in [6, 6.07) is 7.88. The number of aryl methyl sites for hydroxylation is 2. The van der Waals surface area contributed by atoms with Crippen LogP contribution >= 0.6 is 0 Å². The number of aromatic nitrogens is 2. The van der Waals surface area contributed by atoms with Crippen molar-refractivity contribution < 1.29 is 14.6 Å².